The van der Waals surface area contributed by atoms with Gasteiger partial charge in [-0.25, -0.2) is 4.39 Å². The van der Waals surface area contributed by atoms with Gasteiger partial charge in [0.2, 0.25) is 0 Å². The maximum Gasteiger partial charge on any atom is 0.126 e. The van der Waals surface area contributed by atoms with Gasteiger partial charge in [-0.15, -0.1) is 11.6 Å². The molecule has 0 aliphatic heterocycles. The third kappa shape index (κ3) is 2.94. The second kappa shape index (κ2) is 4.52. The minimum absolute atomic E-state index is 0.106. The van der Waals surface area contributed by atoms with Crippen LogP contribution in [0.5, 0.6) is 0 Å². The average molecular weight is 227 g/mol. The predicted molar refractivity (Wildman–Crippen MR) is 61.8 cm³/mol. The summed E-state index contributed by atoms with van der Waals surface area (Å²) in [6.07, 6.45) is 4.41. The van der Waals surface area contributed by atoms with Crippen molar-refractivity contribution in [2.24, 2.45) is 5.92 Å². The van der Waals surface area contributed by atoms with Crippen LogP contribution in [0.2, 0.25) is 0 Å². The van der Waals surface area contributed by atoms with Crippen molar-refractivity contribution in [3.05, 3.63) is 35.1 Å². The molecule has 1 saturated carbocycles. The first kappa shape index (κ1) is 10.9. The smallest absolute Gasteiger partial charge is 0.126 e. The van der Waals surface area contributed by atoms with Gasteiger partial charge < -0.3 is 0 Å². The highest BCUT2D eigenvalue weighted by molar-refractivity contribution is 6.20. The molecule has 1 aliphatic carbocycles. The molecule has 82 valence electrons. The molecule has 1 aromatic rings. The van der Waals surface area contributed by atoms with E-state index >= 15 is 0 Å². The van der Waals surface area contributed by atoms with Crippen LogP contribution in [0.25, 0.3) is 0 Å². The molecule has 1 atom stereocenters. The Labute approximate surface area is 95.4 Å². The minimum atomic E-state index is -0.106. The predicted octanol–water partition coefficient (Wildman–Crippen LogP) is 4.08. The lowest BCUT2D eigenvalue weighted by Crippen LogP contribution is -2.03. The molecular weight excluding hydrogens is 211 g/mol. The first-order chi connectivity index (χ1) is 7.16. The minimum Gasteiger partial charge on any atom is -0.207 e. The molecule has 0 spiro atoms. The van der Waals surface area contributed by atoms with Crippen LogP contribution in [0.15, 0.2) is 18.2 Å². The highest BCUT2D eigenvalue weighted by atomic mass is 35.5. The van der Waals surface area contributed by atoms with E-state index in [1.165, 1.54) is 12.8 Å². The van der Waals surface area contributed by atoms with Crippen molar-refractivity contribution in [2.75, 3.05) is 0 Å². The van der Waals surface area contributed by atoms with Gasteiger partial charge in [0.1, 0.15) is 5.82 Å². The molecule has 0 nitrogen and oxygen atoms in total. The van der Waals surface area contributed by atoms with E-state index in [9.17, 15) is 4.39 Å². The molecular formula is C13H16ClF. The van der Waals surface area contributed by atoms with Gasteiger partial charge in [-0.1, -0.05) is 12.1 Å². The number of alkyl halides is 1. The van der Waals surface area contributed by atoms with Gasteiger partial charge in [0, 0.05) is 5.38 Å². The van der Waals surface area contributed by atoms with Crippen LogP contribution in [0.1, 0.15) is 30.4 Å². The van der Waals surface area contributed by atoms with Crippen molar-refractivity contribution in [1.82, 2.24) is 0 Å². The summed E-state index contributed by atoms with van der Waals surface area (Å²) in [5.41, 5.74) is 1.77. The van der Waals surface area contributed by atoms with Gasteiger partial charge in [-0.3, -0.25) is 0 Å². The van der Waals surface area contributed by atoms with Gasteiger partial charge >= 0.3 is 0 Å². The summed E-state index contributed by atoms with van der Waals surface area (Å²) in [6.45, 7) is 1.79. The number of benzene rings is 1. The Morgan fingerprint density at radius 2 is 2.20 bits per heavy atom. The molecule has 2 rings (SSSR count). The Morgan fingerprint density at radius 1 is 1.47 bits per heavy atom. The number of halogens is 2. The SMILES string of the molecule is Cc1ccc(CCC(Cl)C2CC2)cc1F. The monoisotopic (exact) mass is 226 g/mol. The molecule has 0 radical (unpaired) electrons. The van der Waals surface area contributed by atoms with Crippen molar-refractivity contribution < 1.29 is 4.39 Å². The second-order valence-electron chi connectivity index (χ2n) is 4.48. The largest absolute Gasteiger partial charge is 0.207 e. The molecule has 0 saturated heterocycles. The van der Waals surface area contributed by atoms with Crippen molar-refractivity contribution in [2.45, 2.75) is 38.0 Å². The Balaban J connectivity index is 1.89. The maximum atomic E-state index is 13.2. The topological polar surface area (TPSA) is 0 Å². The Hall–Kier alpha value is -0.560. The summed E-state index contributed by atoms with van der Waals surface area (Å²) >= 11 is 6.21. The van der Waals surface area contributed by atoms with E-state index in [2.05, 4.69) is 0 Å². The highest BCUT2D eigenvalue weighted by Crippen LogP contribution is 2.37. The van der Waals surface area contributed by atoms with Crippen LogP contribution in [0.3, 0.4) is 0 Å². The van der Waals surface area contributed by atoms with Gasteiger partial charge in [0.05, 0.1) is 0 Å². The first-order valence-electron chi connectivity index (χ1n) is 5.56. The standard InChI is InChI=1S/C13H16ClF/c1-9-2-3-10(8-13(9)15)4-7-12(14)11-5-6-11/h2-3,8,11-12H,4-7H2,1H3. The third-order valence-corrected chi connectivity index (χ3v) is 3.65. The lowest BCUT2D eigenvalue weighted by atomic mass is 10.0. The van der Waals surface area contributed by atoms with E-state index in [1.807, 2.05) is 12.1 Å². The average Bonchev–Trinajstić information content (AvgIpc) is 3.03. The van der Waals surface area contributed by atoms with E-state index in [-0.39, 0.29) is 11.2 Å². The van der Waals surface area contributed by atoms with Crippen LogP contribution in [0, 0.1) is 18.7 Å². The van der Waals surface area contributed by atoms with Crippen molar-refractivity contribution in [3.8, 4) is 0 Å². The number of rotatable bonds is 4. The molecule has 0 aromatic heterocycles. The fourth-order valence-electron chi connectivity index (χ4n) is 1.79. The zero-order valence-corrected chi connectivity index (χ0v) is 9.73. The summed E-state index contributed by atoms with van der Waals surface area (Å²) < 4.78 is 13.2. The van der Waals surface area contributed by atoms with Gasteiger partial charge in [0.15, 0.2) is 0 Å². The van der Waals surface area contributed by atoms with E-state index in [0.29, 0.717) is 5.56 Å². The third-order valence-electron chi connectivity index (χ3n) is 3.08. The number of hydrogen-bond donors (Lipinski definition) is 0. The summed E-state index contributed by atoms with van der Waals surface area (Å²) in [5.74, 6) is 0.618. The summed E-state index contributed by atoms with van der Waals surface area (Å²) in [4.78, 5) is 0. The number of hydrogen-bond acceptors (Lipinski definition) is 0. The van der Waals surface area contributed by atoms with Gasteiger partial charge in [0.25, 0.3) is 0 Å². The molecule has 1 aliphatic rings. The zero-order chi connectivity index (χ0) is 10.8. The quantitative estimate of drug-likeness (QED) is 0.679. The van der Waals surface area contributed by atoms with Crippen molar-refractivity contribution in [3.63, 3.8) is 0 Å². The zero-order valence-electron chi connectivity index (χ0n) is 8.97. The van der Waals surface area contributed by atoms with Crippen molar-refractivity contribution in [1.29, 1.82) is 0 Å². The molecule has 15 heavy (non-hydrogen) atoms. The lowest BCUT2D eigenvalue weighted by Gasteiger charge is -2.08. The summed E-state index contributed by atoms with van der Waals surface area (Å²) in [5, 5.41) is 0.286. The molecule has 0 bridgehead atoms. The summed E-state index contributed by atoms with van der Waals surface area (Å²) in [6, 6.07) is 5.46. The van der Waals surface area contributed by atoms with E-state index < -0.39 is 0 Å². The van der Waals surface area contributed by atoms with Crippen LogP contribution in [0.4, 0.5) is 4.39 Å². The van der Waals surface area contributed by atoms with Crippen LogP contribution in [-0.2, 0) is 6.42 Å². The highest BCUT2D eigenvalue weighted by Gasteiger charge is 2.29. The van der Waals surface area contributed by atoms with E-state index in [4.69, 9.17) is 11.6 Å². The Kier molecular flexibility index (Phi) is 3.30. The Bertz CT molecular complexity index is 344. The van der Waals surface area contributed by atoms with Crippen LogP contribution < -0.4 is 0 Å². The van der Waals surface area contributed by atoms with Crippen molar-refractivity contribution >= 4 is 11.6 Å². The summed E-state index contributed by atoms with van der Waals surface area (Å²) in [7, 11) is 0. The number of aryl methyl sites for hydroxylation is 2. The van der Waals surface area contributed by atoms with E-state index in [0.717, 1.165) is 24.3 Å². The Morgan fingerprint density at radius 3 is 2.80 bits per heavy atom. The molecule has 1 aromatic carbocycles. The maximum absolute atomic E-state index is 13.2. The molecule has 1 unspecified atom stereocenters. The van der Waals surface area contributed by atoms with Gasteiger partial charge in [-0.2, -0.15) is 0 Å². The normalized spacial score (nSPS) is 17.8. The molecule has 0 heterocycles. The van der Waals surface area contributed by atoms with Gasteiger partial charge in [-0.05, 0) is 55.7 Å². The molecule has 0 amide bonds. The fourth-order valence-corrected chi connectivity index (χ4v) is 2.15. The molecule has 1 fully saturated rings. The van der Waals surface area contributed by atoms with Crippen LogP contribution in [-0.4, -0.2) is 5.38 Å². The first-order valence-corrected chi connectivity index (χ1v) is 5.99. The van der Waals surface area contributed by atoms with Crippen LogP contribution >= 0.6 is 11.6 Å². The fraction of sp³-hybridized carbons (Fsp3) is 0.538. The lowest BCUT2D eigenvalue weighted by molar-refractivity contribution is 0.613. The second-order valence-corrected chi connectivity index (χ2v) is 5.04. The molecule has 2 heteroatoms. The molecule has 0 N–H and O–H groups in total. The van der Waals surface area contributed by atoms with E-state index in [1.54, 1.807) is 13.0 Å².